The first-order chi connectivity index (χ1) is 22.0. The molecule has 3 fully saturated rings. The fourth-order valence-electron chi connectivity index (χ4n) is 7.95. The van der Waals surface area contributed by atoms with Gasteiger partial charge in [0.05, 0.1) is 0 Å². The predicted octanol–water partition coefficient (Wildman–Crippen LogP) is 8.81. The van der Waals surface area contributed by atoms with E-state index in [-0.39, 0.29) is 0 Å². The SMILES string of the molecule is Bc1ccc2cc(-c3nc(-c4ccccc4)nc(-c4ccc(-c5ccc(C67CCCC(C)CC(C6)C7)cc5)cc4)n3)ccc2c1. The molecule has 0 spiro atoms. The van der Waals surface area contributed by atoms with Crippen molar-refractivity contribution in [2.45, 2.75) is 50.9 Å². The lowest BCUT2D eigenvalue weighted by molar-refractivity contribution is 0.0832. The maximum absolute atomic E-state index is 5.00. The quantitative estimate of drug-likeness (QED) is 0.190. The highest BCUT2D eigenvalue weighted by Crippen LogP contribution is 2.55. The normalized spacial score (nSPS) is 21.1. The zero-order valence-electron chi connectivity index (χ0n) is 26.2. The van der Waals surface area contributed by atoms with Crippen LogP contribution in [0.1, 0.15) is 51.0 Å². The summed E-state index contributed by atoms with van der Waals surface area (Å²) < 4.78 is 0. The molecule has 0 aliphatic heterocycles. The Kier molecular flexibility index (Phi) is 7.09. The summed E-state index contributed by atoms with van der Waals surface area (Å²) in [6.07, 6.45) is 8.28. The van der Waals surface area contributed by atoms with Gasteiger partial charge < -0.3 is 0 Å². The highest BCUT2D eigenvalue weighted by atomic mass is 15.0. The van der Waals surface area contributed by atoms with E-state index in [0.29, 0.717) is 22.9 Å². The molecule has 1 aromatic heterocycles. The average Bonchev–Trinajstić information content (AvgIpc) is 3.06. The molecule has 3 saturated carbocycles. The van der Waals surface area contributed by atoms with Gasteiger partial charge in [-0.15, -0.1) is 0 Å². The van der Waals surface area contributed by atoms with Crippen LogP contribution in [-0.4, -0.2) is 22.8 Å². The van der Waals surface area contributed by atoms with Gasteiger partial charge in [0.2, 0.25) is 0 Å². The Morgan fingerprint density at radius 1 is 0.600 bits per heavy atom. The summed E-state index contributed by atoms with van der Waals surface area (Å²) in [5.41, 5.74) is 8.63. The van der Waals surface area contributed by atoms with E-state index < -0.39 is 0 Å². The maximum Gasteiger partial charge on any atom is 0.164 e. The van der Waals surface area contributed by atoms with Crippen LogP contribution in [0.5, 0.6) is 0 Å². The maximum atomic E-state index is 5.00. The molecular weight excluding hydrogens is 545 g/mol. The Morgan fingerprint density at radius 2 is 1.16 bits per heavy atom. The fraction of sp³-hybridized carbons (Fsp3) is 0.244. The molecule has 5 aromatic carbocycles. The molecule has 0 N–H and O–H groups in total. The van der Waals surface area contributed by atoms with Crippen LogP contribution in [0.3, 0.4) is 0 Å². The zero-order valence-corrected chi connectivity index (χ0v) is 26.2. The van der Waals surface area contributed by atoms with Gasteiger partial charge in [0.15, 0.2) is 17.5 Å². The summed E-state index contributed by atoms with van der Waals surface area (Å²) in [6.45, 7) is 2.44. The van der Waals surface area contributed by atoms with Crippen molar-refractivity contribution >= 4 is 24.1 Å². The van der Waals surface area contributed by atoms with Crippen molar-refractivity contribution in [3.63, 3.8) is 0 Å². The smallest absolute Gasteiger partial charge is 0.164 e. The molecule has 1 atom stereocenters. The third-order valence-corrected chi connectivity index (χ3v) is 10.3. The second-order valence-electron chi connectivity index (χ2n) is 13.7. The topological polar surface area (TPSA) is 38.7 Å². The Morgan fingerprint density at radius 3 is 1.87 bits per heavy atom. The molecule has 0 saturated heterocycles. The number of benzene rings is 5. The van der Waals surface area contributed by atoms with Crippen LogP contribution in [0.2, 0.25) is 0 Å². The number of hydrogen-bond acceptors (Lipinski definition) is 3. The Balaban J connectivity index is 1.10. The summed E-state index contributed by atoms with van der Waals surface area (Å²) >= 11 is 0. The summed E-state index contributed by atoms with van der Waals surface area (Å²) in [7, 11) is 2.12. The van der Waals surface area contributed by atoms with Crippen LogP contribution in [0.4, 0.5) is 0 Å². The summed E-state index contributed by atoms with van der Waals surface area (Å²) in [5, 5.41) is 2.40. The van der Waals surface area contributed by atoms with Crippen molar-refractivity contribution in [2.24, 2.45) is 11.8 Å². The lowest BCUT2D eigenvalue weighted by Gasteiger charge is -2.51. The Hall–Kier alpha value is -4.57. The highest BCUT2D eigenvalue weighted by molar-refractivity contribution is 6.33. The molecule has 6 aromatic rings. The fourth-order valence-corrected chi connectivity index (χ4v) is 7.95. The molecule has 1 unspecified atom stereocenters. The van der Waals surface area contributed by atoms with Crippen LogP contribution in [0, 0.1) is 11.8 Å². The van der Waals surface area contributed by atoms with Crippen LogP contribution < -0.4 is 5.46 Å². The first kappa shape index (κ1) is 27.9. The third-order valence-electron chi connectivity index (χ3n) is 10.3. The van der Waals surface area contributed by atoms with Crippen molar-refractivity contribution in [3.05, 3.63) is 121 Å². The predicted molar refractivity (Wildman–Crippen MR) is 189 cm³/mol. The molecule has 3 aliphatic rings. The van der Waals surface area contributed by atoms with E-state index in [1.54, 1.807) is 5.56 Å². The van der Waals surface area contributed by atoms with Gasteiger partial charge in [0, 0.05) is 16.7 Å². The van der Waals surface area contributed by atoms with Crippen LogP contribution >= 0.6 is 0 Å². The lowest BCUT2D eigenvalue weighted by atomic mass is 9.53. The van der Waals surface area contributed by atoms with E-state index in [1.165, 1.54) is 65.9 Å². The van der Waals surface area contributed by atoms with Gasteiger partial charge in [-0.25, -0.2) is 15.0 Å². The van der Waals surface area contributed by atoms with Crippen LogP contribution in [-0.2, 0) is 5.41 Å². The molecule has 9 rings (SSSR count). The molecule has 0 amide bonds. The van der Waals surface area contributed by atoms with E-state index in [0.717, 1.165) is 28.5 Å². The molecule has 3 aliphatic carbocycles. The van der Waals surface area contributed by atoms with Crippen molar-refractivity contribution in [3.8, 4) is 45.3 Å². The van der Waals surface area contributed by atoms with Gasteiger partial charge in [-0.1, -0.05) is 134 Å². The number of hydrogen-bond donors (Lipinski definition) is 0. The van der Waals surface area contributed by atoms with E-state index >= 15 is 0 Å². The van der Waals surface area contributed by atoms with E-state index in [1.807, 2.05) is 18.2 Å². The molecule has 4 heteroatoms. The van der Waals surface area contributed by atoms with E-state index in [4.69, 9.17) is 15.0 Å². The number of rotatable bonds is 5. The molecule has 220 valence electrons. The molecule has 45 heavy (non-hydrogen) atoms. The van der Waals surface area contributed by atoms with Crippen LogP contribution in [0.15, 0.2) is 115 Å². The Labute approximate surface area is 267 Å². The largest absolute Gasteiger partial charge is 0.208 e. The first-order valence-corrected chi connectivity index (χ1v) is 16.6. The van der Waals surface area contributed by atoms with Crippen LogP contribution in [0.25, 0.3) is 56.1 Å². The minimum Gasteiger partial charge on any atom is -0.208 e. The summed E-state index contributed by atoms with van der Waals surface area (Å²) in [4.78, 5) is 14.9. The van der Waals surface area contributed by atoms with Gasteiger partial charge in [-0.2, -0.15) is 0 Å². The first-order valence-electron chi connectivity index (χ1n) is 16.6. The van der Waals surface area contributed by atoms with Gasteiger partial charge in [0.1, 0.15) is 7.85 Å². The molecule has 2 bridgehead atoms. The van der Waals surface area contributed by atoms with Crippen molar-refractivity contribution in [1.82, 2.24) is 15.0 Å². The van der Waals surface area contributed by atoms with Crippen molar-refractivity contribution in [1.29, 1.82) is 0 Å². The second kappa shape index (κ2) is 11.4. The number of fused-ring (bicyclic) bond motifs is 5. The highest BCUT2D eigenvalue weighted by Gasteiger charge is 2.46. The van der Waals surface area contributed by atoms with Crippen molar-refractivity contribution in [2.75, 3.05) is 0 Å². The average molecular weight is 584 g/mol. The van der Waals surface area contributed by atoms with Gasteiger partial charge >= 0.3 is 0 Å². The minimum atomic E-state index is 0.421. The zero-order chi connectivity index (χ0) is 30.4. The monoisotopic (exact) mass is 583 g/mol. The molecule has 0 radical (unpaired) electrons. The molecular formula is C41H38BN3. The summed E-state index contributed by atoms with van der Waals surface area (Å²) in [6, 6.07) is 41.3. The van der Waals surface area contributed by atoms with Gasteiger partial charge in [-0.05, 0) is 76.5 Å². The van der Waals surface area contributed by atoms with Crippen molar-refractivity contribution < 1.29 is 0 Å². The third kappa shape index (κ3) is 5.48. The number of aromatic nitrogens is 3. The Bertz CT molecular complexity index is 1970. The van der Waals surface area contributed by atoms with Gasteiger partial charge in [-0.3, -0.25) is 0 Å². The summed E-state index contributed by atoms with van der Waals surface area (Å²) in [5.74, 6) is 3.87. The standard InChI is InChI=1S/C41H38BN3/c1-27-6-5-21-41(25-28(22-27)26-41)36-18-15-30(16-19-36)29-9-11-32(12-10-29)39-43-38(31-7-3-2-4-8-31)44-40(45-39)35-14-13-34-24-37(42)20-17-33(34)23-35/h2-4,7-20,23-24,27-28H,5-6,21-22,25-26,42H2,1H3. The molecule has 1 heterocycles. The van der Waals surface area contributed by atoms with E-state index in [9.17, 15) is 0 Å². The number of nitrogens with zero attached hydrogens (tertiary/aromatic N) is 3. The minimum absolute atomic E-state index is 0.421. The van der Waals surface area contributed by atoms with E-state index in [2.05, 4.69) is 112 Å². The second-order valence-corrected chi connectivity index (χ2v) is 13.7. The van der Waals surface area contributed by atoms with Gasteiger partial charge in [0.25, 0.3) is 0 Å². The molecule has 3 nitrogen and oxygen atoms in total. The lowest BCUT2D eigenvalue weighted by Crippen LogP contribution is -2.43.